The Morgan fingerprint density at radius 3 is 2.42 bits per heavy atom. The average Bonchev–Trinajstić information content (AvgIpc) is 2.60. The summed E-state index contributed by atoms with van der Waals surface area (Å²) in [6, 6.07) is 10.8. The van der Waals surface area contributed by atoms with Crippen LogP contribution in [0.15, 0.2) is 42.5 Å². The van der Waals surface area contributed by atoms with Crippen LogP contribution in [0.25, 0.3) is 0 Å². The Kier molecular flexibility index (Phi) is 5.73. The summed E-state index contributed by atoms with van der Waals surface area (Å²) in [4.78, 5) is 21.9. The second kappa shape index (κ2) is 7.96. The molecule has 0 N–H and O–H groups in total. The molecule has 7 heteroatoms. The maximum Gasteiger partial charge on any atom is 0.338 e. The van der Waals surface area contributed by atoms with E-state index in [-0.39, 0.29) is 12.3 Å². The summed E-state index contributed by atoms with van der Waals surface area (Å²) in [5.41, 5.74) is 1.17. The summed E-state index contributed by atoms with van der Waals surface area (Å²) >= 11 is 0. The summed E-state index contributed by atoms with van der Waals surface area (Å²) < 4.78 is 15.8. The molecule has 0 amide bonds. The topological polar surface area (TPSA) is 87.9 Å². The fourth-order valence-corrected chi connectivity index (χ4v) is 2.00. The monoisotopic (exact) mass is 331 g/mol. The van der Waals surface area contributed by atoms with E-state index in [4.69, 9.17) is 14.2 Å². The summed E-state index contributed by atoms with van der Waals surface area (Å²) in [7, 11) is 1.48. The molecule has 0 unspecified atom stereocenters. The Morgan fingerprint density at radius 2 is 1.83 bits per heavy atom. The van der Waals surface area contributed by atoms with Gasteiger partial charge in [0.25, 0.3) is 5.69 Å². The van der Waals surface area contributed by atoms with Gasteiger partial charge in [-0.3, -0.25) is 10.1 Å². The Labute approximate surface area is 138 Å². The number of hydrogen-bond acceptors (Lipinski definition) is 6. The van der Waals surface area contributed by atoms with Crippen LogP contribution in [0.4, 0.5) is 5.69 Å². The third kappa shape index (κ3) is 4.22. The number of nitro benzene ring substituents is 1. The summed E-state index contributed by atoms with van der Waals surface area (Å²) in [6.07, 6.45) is 0. The molecule has 0 saturated carbocycles. The minimum Gasteiger partial charge on any atom is -0.493 e. The maximum atomic E-state index is 11.7. The number of carbonyl (C=O) groups is 1. The van der Waals surface area contributed by atoms with Gasteiger partial charge in [-0.2, -0.15) is 0 Å². The third-order valence-corrected chi connectivity index (χ3v) is 3.22. The van der Waals surface area contributed by atoms with Crippen LogP contribution < -0.4 is 9.47 Å². The minimum atomic E-state index is -0.457. The first-order valence-corrected chi connectivity index (χ1v) is 7.26. The highest BCUT2D eigenvalue weighted by atomic mass is 16.6. The van der Waals surface area contributed by atoms with E-state index in [1.165, 1.54) is 19.2 Å². The second-order valence-corrected chi connectivity index (χ2v) is 4.80. The number of rotatable bonds is 7. The molecule has 0 aromatic heterocycles. The summed E-state index contributed by atoms with van der Waals surface area (Å²) in [5, 5.41) is 10.6. The average molecular weight is 331 g/mol. The molecule has 126 valence electrons. The van der Waals surface area contributed by atoms with Gasteiger partial charge < -0.3 is 14.2 Å². The molecule has 0 heterocycles. The molecule has 0 aliphatic heterocycles. The van der Waals surface area contributed by atoms with Crippen LogP contribution in [0.5, 0.6) is 11.5 Å². The lowest BCUT2D eigenvalue weighted by Crippen LogP contribution is -2.05. The summed E-state index contributed by atoms with van der Waals surface area (Å²) in [5.74, 6) is 0.434. The minimum absolute atomic E-state index is 0.0233. The molecule has 0 fully saturated rings. The number of esters is 1. The van der Waals surface area contributed by atoms with Gasteiger partial charge in [0.05, 0.1) is 24.2 Å². The van der Waals surface area contributed by atoms with Crippen molar-refractivity contribution in [1.82, 2.24) is 0 Å². The van der Waals surface area contributed by atoms with Crippen LogP contribution in [-0.2, 0) is 11.3 Å². The van der Waals surface area contributed by atoms with Gasteiger partial charge in [-0.15, -0.1) is 0 Å². The molecule has 0 radical (unpaired) electrons. The lowest BCUT2D eigenvalue weighted by atomic mass is 10.2. The predicted octanol–water partition coefficient (Wildman–Crippen LogP) is 3.36. The third-order valence-electron chi connectivity index (χ3n) is 3.22. The molecule has 0 atom stereocenters. The van der Waals surface area contributed by atoms with Crippen molar-refractivity contribution in [2.75, 3.05) is 13.7 Å². The van der Waals surface area contributed by atoms with E-state index in [0.717, 1.165) is 5.56 Å². The zero-order valence-corrected chi connectivity index (χ0v) is 13.4. The number of non-ortho nitro benzene ring substituents is 1. The van der Waals surface area contributed by atoms with Crippen LogP contribution in [0.3, 0.4) is 0 Å². The molecule has 2 rings (SSSR count). The van der Waals surface area contributed by atoms with Gasteiger partial charge in [0.15, 0.2) is 11.5 Å². The van der Waals surface area contributed by atoms with E-state index in [9.17, 15) is 14.9 Å². The van der Waals surface area contributed by atoms with Crippen LogP contribution in [-0.4, -0.2) is 24.6 Å². The van der Waals surface area contributed by atoms with E-state index in [1.54, 1.807) is 37.3 Å². The van der Waals surface area contributed by atoms with Crippen molar-refractivity contribution in [1.29, 1.82) is 0 Å². The van der Waals surface area contributed by atoms with Crippen molar-refractivity contribution < 1.29 is 23.9 Å². The molecule has 0 aliphatic rings. The molecule has 24 heavy (non-hydrogen) atoms. The largest absolute Gasteiger partial charge is 0.493 e. The van der Waals surface area contributed by atoms with Gasteiger partial charge in [0.1, 0.15) is 6.61 Å². The standard InChI is InChI=1S/C17H17NO6/c1-3-23-17(19)13-6-9-15(16(10-13)22-2)24-11-12-4-7-14(8-5-12)18(20)21/h4-10H,3,11H2,1-2H3. The fourth-order valence-electron chi connectivity index (χ4n) is 2.00. The van der Waals surface area contributed by atoms with E-state index in [1.807, 2.05) is 0 Å². The zero-order chi connectivity index (χ0) is 17.5. The van der Waals surface area contributed by atoms with Crippen molar-refractivity contribution >= 4 is 11.7 Å². The van der Waals surface area contributed by atoms with Crippen molar-refractivity contribution in [3.05, 3.63) is 63.7 Å². The highest BCUT2D eigenvalue weighted by Crippen LogP contribution is 2.29. The lowest BCUT2D eigenvalue weighted by molar-refractivity contribution is -0.384. The SMILES string of the molecule is CCOC(=O)c1ccc(OCc2ccc([N+](=O)[O-])cc2)c(OC)c1. The van der Waals surface area contributed by atoms with Crippen molar-refractivity contribution in [2.45, 2.75) is 13.5 Å². The van der Waals surface area contributed by atoms with Crippen LogP contribution in [0.1, 0.15) is 22.8 Å². The number of ether oxygens (including phenoxy) is 3. The molecule has 2 aromatic rings. The number of nitrogens with zero attached hydrogens (tertiary/aromatic N) is 1. The number of hydrogen-bond donors (Lipinski definition) is 0. The molecular weight excluding hydrogens is 314 g/mol. The Bertz CT molecular complexity index is 726. The quantitative estimate of drug-likeness (QED) is 0.439. The van der Waals surface area contributed by atoms with Crippen LogP contribution >= 0.6 is 0 Å². The number of nitro groups is 1. The predicted molar refractivity (Wildman–Crippen MR) is 86.4 cm³/mol. The zero-order valence-electron chi connectivity index (χ0n) is 13.4. The lowest BCUT2D eigenvalue weighted by Gasteiger charge is -2.12. The van der Waals surface area contributed by atoms with E-state index >= 15 is 0 Å². The van der Waals surface area contributed by atoms with Crippen molar-refractivity contribution in [2.24, 2.45) is 0 Å². The molecule has 2 aromatic carbocycles. The molecule has 0 spiro atoms. The number of benzene rings is 2. The maximum absolute atomic E-state index is 11.7. The second-order valence-electron chi connectivity index (χ2n) is 4.80. The molecule has 7 nitrogen and oxygen atoms in total. The smallest absolute Gasteiger partial charge is 0.338 e. The van der Waals surface area contributed by atoms with Gasteiger partial charge in [0.2, 0.25) is 0 Å². The first-order valence-electron chi connectivity index (χ1n) is 7.26. The molecule has 0 bridgehead atoms. The van der Waals surface area contributed by atoms with Gasteiger partial charge in [0, 0.05) is 12.1 Å². The Morgan fingerprint density at radius 1 is 1.12 bits per heavy atom. The molecule has 0 saturated heterocycles. The number of carbonyl (C=O) groups excluding carboxylic acids is 1. The highest BCUT2D eigenvalue weighted by Gasteiger charge is 2.12. The molecular formula is C17H17NO6. The van der Waals surface area contributed by atoms with Gasteiger partial charge >= 0.3 is 5.97 Å². The van der Waals surface area contributed by atoms with Crippen LogP contribution in [0, 0.1) is 10.1 Å². The number of methoxy groups -OCH3 is 1. The van der Waals surface area contributed by atoms with E-state index in [0.29, 0.717) is 23.7 Å². The van der Waals surface area contributed by atoms with Crippen molar-refractivity contribution in [3.8, 4) is 11.5 Å². The highest BCUT2D eigenvalue weighted by molar-refractivity contribution is 5.90. The van der Waals surface area contributed by atoms with Crippen LogP contribution in [0.2, 0.25) is 0 Å². The first kappa shape index (κ1) is 17.3. The van der Waals surface area contributed by atoms with E-state index in [2.05, 4.69) is 0 Å². The van der Waals surface area contributed by atoms with Gasteiger partial charge in [-0.1, -0.05) is 0 Å². The van der Waals surface area contributed by atoms with E-state index < -0.39 is 10.9 Å². The Balaban J connectivity index is 2.09. The molecule has 0 aliphatic carbocycles. The fraction of sp³-hybridized carbons (Fsp3) is 0.235. The summed E-state index contributed by atoms with van der Waals surface area (Å²) in [6.45, 7) is 2.24. The normalized spacial score (nSPS) is 10.1. The first-order chi connectivity index (χ1) is 11.5. The van der Waals surface area contributed by atoms with Gasteiger partial charge in [-0.05, 0) is 42.8 Å². The van der Waals surface area contributed by atoms with Crippen molar-refractivity contribution in [3.63, 3.8) is 0 Å². The van der Waals surface area contributed by atoms with Gasteiger partial charge in [-0.25, -0.2) is 4.79 Å². The Hall–Kier alpha value is -3.09.